The Labute approximate surface area is 56.1 Å². The molecule has 0 rings (SSSR count). The average Bonchev–Trinajstić information content (AvgIpc) is 1.69. The third kappa shape index (κ3) is 9.18. The fourth-order valence-corrected chi connectivity index (χ4v) is 0.191. The van der Waals surface area contributed by atoms with Gasteiger partial charge in [0.1, 0.15) is 0 Å². The summed E-state index contributed by atoms with van der Waals surface area (Å²) in [6, 6.07) is 2.53. The Morgan fingerprint density at radius 2 is 1.50 bits per heavy atom. The van der Waals surface area contributed by atoms with E-state index in [0.717, 1.165) is 13.1 Å². The first-order valence-electron chi connectivity index (χ1n) is 2.49. The fourth-order valence-electron chi connectivity index (χ4n) is 0.191. The van der Waals surface area contributed by atoms with Gasteiger partial charge in [-0.3, -0.25) is 0 Å². The van der Waals surface area contributed by atoms with E-state index < -0.39 is 0 Å². The van der Waals surface area contributed by atoms with E-state index in [0.29, 0.717) is 0 Å². The van der Waals surface area contributed by atoms with Gasteiger partial charge in [-0.15, -0.1) is 12.4 Å². The van der Waals surface area contributed by atoms with Crippen molar-refractivity contribution in [3.63, 3.8) is 0 Å². The third-order valence-corrected chi connectivity index (χ3v) is 0.458. The van der Waals surface area contributed by atoms with Crippen LogP contribution in [0.1, 0.15) is 13.8 Å². The van der Waals surface area contributed by atoms with Crippen LogP contribution >= 0.6 is 12.4 Å². The van der Waals surface area contributed by atoms with Crippen LogP contribution in [0.15, 0.2) is 9.98 Å². The minimum atomic E-state index is 0. The Morgan fingerprint density at radius 1 is 1.12 bits per heavy atom. The lowest BCUT2D eigenvalue weighted by Gasteiger charge is -1.68. The molecule has 0 fully saturated rings. The second kappa shape index (κ2) is 9.83. The molecule has 0 atom stereocenters. The van der Waals surface area contributed by atoms with Crippen molar-refractivity contribution in [1.29, 1.82) is 0 Å². The Hall–Kier alpha value is -0.330. The molecule has 0 amide bonds. The van der Waals surface area contributed by atoms with Gasteiger partial charge in [0.25, 0.3) is 0 Å². The van der Waals surface area contributed by atoms with Gasteiger partial charge < -0.3 is 0 Å². The van der Waals surface area contributed by atoms with Crippen molar-refractivity contribution < 1.29 is 0 Å². The molecule has 3 heteroatoms. The molecule has 0 bridgehead atoms. The summed E-state index contributed by atoms with van der Waals surface area (Å²) in [5.74, 6) is 0. The largest absolute Gasteiger partial charge is 0.226 e. The molecule has 0 aromatic carbocycles. The summed E-state index contributed by atoms with van der Waals surface area (Å²) in [6.07, 6.45) is 0. The smallest absolute Gasteiger partial charge is 0.0892 e. The van der Waals surface area contributed by atoms with E-state index in [9.17, 15) is 0 Å². The predicted octanol–water partition coefficient (Wildman–Crippen LogP) is 1.62. The summed E-state index contributed by atoms with van der Waals surface area (Å²) in [5, 5.41) is 0. The van der Waals surface area contributed by atoms with Crippen LogP contribution in [0.4, 0.5) is 0 Å². The number of nitrogens with zero attached hydrogens (tertiary/aromatic N) is 2. The van der Waals surface area contributed by atoms with Crippen LogP contribution < -0.4 is 0 Å². The highest BCUT2D eigenvalue weighted by Crippen LogP contribution is 1.61. The van der Waals surface area contributed by atoms with E-state index in [1.807, 2.05) is 13.8 Å². The van der Waals surface area contributed by atoms with Crippen LogP contribution in [0.3, 0.4) is 0 Å². The molecule has 0 unspecified atom stereocenters. The molecule has 0 aliphatic rings. The zero-order valence-corrected chi connectivity index (χ0v) is 6.03. The molecule has 0 radical (unpaired) electrons. The summed E-state index contributed by atoms with van der Waals surface area (Å²) in [5.41, 5.74) is 0. The van der Waals surface area contributed by atoms with Crippen molar-refractivity contribution >= 4 is 18.4 Å². The molecular formula is C5H11ClN2. The summed E-state index contributed by atoms with van der Waals surface area (Å²) in [4.78, 5) is 7.49. The lowest BCUT2D eigenvalue weighted by atomic mass is 10.8. The van der Waals surface area contributed by atoms with Gasteiger partial charge in [0.15, 0.2) is 0 Å². The summed E-state index contributed by atoms with van der Waals surface area (Å²) in [6.45, 7) is 5.48. The highest BCUT2D eigenvalue weighted by Gasteiger charge is 1.57. The molecule has 0 spiro atoms. The average molecular weight is 135 g/mol. The monoisotopic (exact) mass is 134 g/mol. The van der Waals surface area contributed by atoms with Crippen molar-refractivity contribution in [2.75, 3.05) is 13.1 Å². The maximum absolute atomic E-state index is 3.74. The molecular weight excluding hydrogens is 124 g/mol. The Kier molecular flexibility index (Phi) is 13.0. The first-order valence-corrected chi connectivity index (χ1v) is 2.49. The lowest BCUT2D eigenvalue weighted by molar-refractivity contribution is 1.10. The van der Waals surface area contributed by atoms with Crippen LogP contribution in [0.5, 0.6) is 0 Å². The van der Waals surface area contributed by atoms with Gasteiger partial charge in [0, 0.05) is 13.1 Å². The van der Waals surface area contributed by atoms with Crippen molar-refractivity contribution in [3.8, 4) is 0 Å². The Morgan fingerprint density at radius 3 is 1.75 bits per heavy atom. The molecule has 0 aliphatic carbocycles. The van der Waals surface area contributed by atoms with E-state index in [1.165, 1.54) is 0 Å². The molecule has 0 aromatic heterocycles. The molecule has 2 nitrogen and oxygen atoms in total. The molecule has 8 heavy (non-hydrogen) atoms. The van der Waals surface area contributed by atoms with Crippen LogP contribution in [-0.4, -0.2) is 19.1 Å². The van der Waals surface area contributed by atoms with E-state index in [4.69, 9.17) is 0 Å². The molecule has 0 aliphatic heterocycles. The molecule has 0 saturated heterocycles. The number of hydrogen-bond donors (Lipinski definition) is 0. The van der Waals surface area contributed by atoms with Gasteiger partial charge in [0.2, 0.25) is 0 Å². The highest BCUT2D eigenvalue weighted by molar-refractivity contribution is 5.85. The number of hydrogen-bond acceptors (Lipinski definition) is 2. The van der Waals surface area contributed by atoms with Gasteiger partial charge in [-0.1, -0.05) is 0 Å². The van der Waals surface area contributed by atoms with E-state index >= 15 is 0 Å². The number of aliphatic imine (C=N–C) groups is 2. The van der Waals surface area contributed by atoms with Crippen molar-refractivity contribution in [2.45, 2.75) is 13.8 Å². The summed E-state index contributed by atoms with van der Waals surface area (Å²) >= 11 is 0. The molecule has 0 heterocycles. The minimum Gasteiger partial charge on any atom is -0.226 e. The molecule has 0 saturated carbocycles. The Balaban J connectivity index is 0. The quantitative estimate of drug-likeness (QED) is 0.513. The lowest BCUT2D eigenvalue weighted by Crippen LogP contribution is -1.66. The summed E-state index contributed by atoms with van der Waals surface area (Å²) in [7, 11) is 0. The number of halogens is 1. The van der Waals surface area contributed by atoms with E-state index in [-0.39, 0.29) is 12.4 Å². The predicted molar refractivity (Wildman–Crippen MR) is 38.2 cm³/mol. The summed E-state index contributed by atoms with van der Waals surface area (Å²) < 4.78 is 0. The standard InChI is InChI=1S/C5H10N2.ClH/c1-3-6-5-7-4-2;/h3-4H2,1-2H3;1H. The first kappa shape index (κ1) is 10.6. The first-order chi connectivity index (χ1) is 3.41. The second-order valence-electron chi connectivity index (χ2n) is 1.05. The molecule has 0 aromatic rings. The van der Waals surface area contributed by atoms with Gasteiger partial charge >= 0.3 is 0 Å². The molecule has 0 N–H and O–H groups in total. The second-order valence-corrected chi connectivity index (χ2v) is 1.05. The maximum Gasteiger partial charge on any atom is 0.0892 e. The third-order valence-electron chi connectivity index (χ3n) is 0.458. The maximum atomic E-state index is 3.74. The van der Waals surface area contributed by atoms with Crippen molar-refractivity contribution in [2.24, 2.45) is 9.98 Å². The zero-order chi connectivity index (χ0) is 5.54. The van der Waals surface area contributed by atoms with Crippen LogP contribution in [-0.2, 0) is 0 Å². The SMILES string of the molecule is CCN=C=NCC.Cl. The van der Waals surface area contributed by atoms with E-state index in [1.54, 1.807) is 0 Å². The normalized spacial score (nSPS) is 6.25. The topological polar surface area (TPSA) is 24.7 Å². The van der Waals surface area contributed by atoms with Gasteiger partial charge in [-0.05, 0) is 13.8 Å². The van der Waals surface area contributed by atoms with Gasteiger partial charge in [-0.25, -0.2) is 9.98 Å². The van der Waals surface area contributed by atoms with Crippen LogP contribution in [0, 0.1) is 0 Å². The minimum absolute atomic E-state index is 0. The Bertz CT molecular complexity index is 76.4. The van der Waals surface area contributed by atoms with Crippen LogP contribution in [0.2, 0.25) is 0 Å². The fraction of sp³-hybridized carbons (Fsp3) is 0.800. The highest BCUT2D eigenvalue weighted by atomic mass is 35.5. The zero-order valence-electron chi connectivity index (χ0n) is 5.22. The van der Waals surface area contributed by atoms with Crippen molar-refractivity contribution in [3.05, 3.63) is 0 Å². The van der Waals surface area contributed by atoms with Crippen LogP contribution in [0.25, 0.3) is 0 Å². The van der Waals surface area contributed by atoms with E-state index in [2.05, 4.69) is 16.0 Å². The van der Waals surface area contributed by atoms with Gasteiger partial charge in [0.05, 0.1) is 6.01 Å². The van der Waals surface area contributed by atoms with Gasteiger partial charge in [-0.2, -0.15) is 0 Å². The molecule has 48 valence electrons. The van der Waals surface area contributed by atoms with Crippen molar-refractivity contribution in [1.82, 2.24) is 0 Å². The number of rotatable bonds is 2.